The molecule has 1 spiro atoms. The highest BCUT2D eigenvalue weighted by Gasteiger charge is 2.52. The van der Waals surface area contributed by atoms with Crippen LogP contribution in [0.15, 0.2) is 53.5 Å². The van der Waals surface area contributed by atoms with Crippen molar-refractivity contribution in [2.24, 2.45) is 22.1 Å². The van der Waals surface area contributed by atoms with E-state index in [0.717, 1.165) is 46.8 Å². The number of carbonyl (C=O) groups is 1. The molecule has 3 N–H and O–H groups in total. The average molecular weight is 483 g/mol. The van der Waals surface area contributed by atoms with Crippen molar-refractivity contribution in [2.45, 2.75) is 45.2 Å². The molecular weight excluding hydrogens is 456 g/mol. The number of amides is 1. The van der Waals surface area contributed by atoms with Crippen LogP contribution in [0, 0.1) is 11.3 Å². The Morgan fingerprint density at radius 2 is 2.09 bits per heavy atom. The number of aliphatic imine (C=N–C) groups is 1. The molecule has 1 aromatic carbocycles. The predicted molar refractivity (Wildman–Crippen MR) is 133 cm³/mol. The zero-order valence-corrected chi connectivity index (χ0v) is 20.5. The zero-order chi connectivity index (χ0) is 23.4. The smallest absolute Gasteiger partial charge is 0.225 e. The number of thioether (sulfide) groups is 1. The van der Waals surface area contributed by atoms with Crippen molar-refractivity contribution in [3.63, 3.8) is 0 Å². The monoisotopic (exact) mass is 482 g/mol. The van der Waals surface area contributed by atoms with E-state index in [9.17, 15) is 4.79 Å². The summed E-state index contributed by atoms with van der Waals surface area (Å²) in [5, 5.41) is 4.40. The van der Waals surface area contributed by atoms with Crippen LogP contribution >= 0.6 is 23.4 Å². The molecule has 0 saturated carbocycles. The maximum absolute atomic E-state index is 12.7. The topological polar surface area (TPSA) is 89.6 Å². The molecule has 0 bridgehead atoms. The summed E-state index contributed by atoms with van der Waals surface area (Å²) in [6.45, 7) is 5.79. The lowest BCUT2D eigenvalue weighted by atomic mass is 9.70. The molecule has 2 aliphatic heterocycles. The molecule has 5 rings (SSSR count). The highest BCUT2D eigenvalue weighted by Crippen LogP contribution is 2.55. The van der Waals surface area contributed by atoms with E-state index in [-0.39, 0.29) is 17.9 Å². The first-order valence-corrected chi connectivity index (χ1v) is 12.4. The predicted octanol–water partition coefficient (Wildman–Crippen LogP) is 4.88. The molecule has 1 aromatic heterocycles. The number of amidine groups is 1. The molecular formula is C25H27ClN4O2S. The Morgan fingerprint density at radius 3 is 2.79 bits per heavy atom. The van der Waals surface area contributed by atoms with Gasteiger partial charge in [-0.1, -0.05) is 50.2 Å². The lowest BCUT2D eigenvalue weighted by Crippen LogP contribution is -2.49. The number of pyridine rings is 1. The molecule has 6 nitrogen and oxygen atoms in total. The first-order valence-electron chi connectivity index (χ1n) is 11.1. The van der Waals surface area contributed by atoms with Crippen LogP contribution in [-0.4, -0.2) is 27.9 Å². The van der Waals surface area contributed by atoms with Crippen LogP contribution < -0.4 is 15.8 Å². The number of ether oxygens (including phenoxy) is 1. The SMILES string of the molecule is CC(C)(C)C(=O)NC1CC=C2Oc3ccc(-c4cncc(Cl)c4)cc3C3(CSC(N)=N3)C2C1. The number of halogens is 1. The van der Waals surface area contributed by atoms with Gasteiger partial charge in [0.15, 0.2) is 5.17 Å². The number of fused-ring (bicyclic) bond motifs is 4. The number of hydrogen-bond acceptors (Lipinski definition) is 6. The third kappa shape index (κ3) is 4.02. The fourth-order valence-electron chi connectivity index (χ4n) is 4.74. The minimum atomic E-state index is -0.540. The van der Waals surface area contributed by atoms with E-state index in [0.29, 0.717) is 10.2 Å². The van der Waals surface area contributed by atoms with Crippen molar-refractivity contribution in [1.82, 2.24) is 10.3 Å². The van der Waals surface area contributed by atoms with Crippen molar-refractivity contribution >= 4 is 34.4 Å². The second kappa shape index (κ2) is 8.06. The number of hydrogen-bond donors (Lipinski definition) is 2. The van der Waals surface area contributed by atoms with E-state index in [2.05, 4.69) is 22.4 Å². The molecule has 0 radical (unpaired) electrons. The number of nitrogens with two attached hydrogens (primary N) is 1. The van der Waals surface area contributed by atoms with Gasteiger partial charge in [0.2, 0.25) is 5.91 Å². The molecule has 0 saturated heterocycles. The molecule has 172 valence electrons. The van der Waals surface area contributed by atoms with Crippen molar-refractivity contribution in [2.75, 3.05) is 5.75 Å². The number of aromatic nitrogens is 1. The van der Waals surface area contributed by atoms with E-state index in [1.807, 2.05) is 39.0 Å². The fourth-order valence-corrected chi connectivity index (χ4v) is 5.93. The highest BCUT2D eigenvalue weighted by atomic mass is 35.5. The minimum absolute atomic E-state index is 0.00898. The van der Waals surface area contributed by atoms with Gasteiger partial charge in [0.1, 0.15) is 17.0 Å². The Labute approximate surface area is 203 Å². The molecule has 0 fully saturated rings. The second-order valence-electron chi connectivity index (χ2n) is 9.92. The summed E-state index contributed by atoms with van der Waals surface area (Å²) in [6.07, 6.45) is 7.01. The van der Waals surface area contributed by atoms with Crippen LogP contribution in [0.25, 0.3) is 11.1 Å². The summed E-state index contributed by atoms with van der Waals surface area (Å²) in [5.41, 5.74) is 8.18. The van der Waals surface area contributed by atoms with Crippen LogP contribution in [0.2, 0.25) is 5.02 Å². The van der Waals surface area contributed by atoms with Crippen LogP contribution in [0.4, 0.5) is 0 Å². The number of carbonyl (C=O) groups excluding carboxylic acids is 1. The number of nitrogens with zero attached hydrogens (tertiary/aromatic N) is 2. The van der Waals surface area contributed by atoms with Crippen LogP contribution in [0.3, 0.4) is 0 Å². The fraction of sp³-hybridized carbons (Fsp3) is 0.400. The third-order valence-electron chi connectivity index (χ3n) is 6.52. The molecule has 3 atom stereocenters. The summed E-state index contributed by atoms with van der Waals surface area (Å²) in [7, 11) is 0. The Bertz CT molecular complexity index is 1190. The van der Waals surface area contributed by atoms with E-state index < -0.39 is 11.0 Å². The standard InChI is InChI=1S/C25H27ClN4O2S/c1-24(2,3)22(31)29-17-5-7-21-19(10-17)25(13-33-23(27)30-25)18-9-14(4-6-20(18)32-21)15-8-16(26)12-28-11-15/h4,6-9,11-12,17,19H,5,10,13H2,1-3H3,(H2,27,30)(H,29,31). The largest absolute Gasteiger partial charge is 0.461 e. The second-order valence-corrected chi connectivity index (χ2v) is 11.4. The van der Waals surface area contributed by atoms with Gasteiger partial charge in [-0.25, -0.2) is 4.99 Å². The quantitative estimate of drug-likeness (QED) is 0.637. The van der Waals surface area contributed by atoms with Gasteiger partial charge in [-0.05, 0) is 42.7 Å². The summed E-state index contributed by atoms with van der Waals surface area (Å²) < 4.78 is 6.38. The molecule has 2 aromatic rings. The Balaban J connectivity index is 1.55. The zero-order valence-electron chi connectivity index (χ0n) is 18.9. The maximum atomic E-state index is 12.7. The number of benzene rings is 1. The van der Waals surface area contributed by atoms with Gasteiger partial charge in [-0.15, -0.1) is 0 Å². The molecule has 33 heavy (non-hydrogen) atoms. The van der Waals surface area contributed by atoms with Crippen LogP contribution in [0.5, 0.6) is 5.75 Å². The van der Waals surface area contributed by atoms with Gasteiger partial charge in [0.05, 0.1) is 5.02 Å². The van der Waals surface area contributed by atoms with Crippen molar-refractivity contribution in [3.8, 4) is 16.9 Å². The first kappa shape index (κ1) is 22.3. The number of nitrogens with one attached hydrogen (secondary N) is 1. The molecule has 1 amide bonds. The normalized spacial score (nSPS) is 26.1. The van der Waals surface area contributed by atoms with Crippen molar-refractivity contribution in [1.29, 1.82) is 0 Å². The van der Waals surface area contributed by atoms with Gasteiger partial charge in [-0.2, -0.15) is 0 Å². The molecule has 3 heterocycles. The van der Waals surface area contributed by atoms with Gasteiger partial charge < -0.3 is 15.8 Å². The van der Waals surface area contributed by atoms with E-state index >= 15 is 0 Å². The number of rotatable bonds is 2. The highest BCUT2D eigenvalue weighted by molar-refractivity contribution is 8.14. The summed E-state index contributed by atoms with van der Waals surface area (Å²) in [4.78, 5) is 21.9. The maximum Gasteiger partial charge on any atom is 0.225 e. The van der Waals surface area contributed by atoms with E-state index in [4.69, 9.17) is 27.1 Å². The first-order chi connectivity index (χ1) is 15.7. The van der Waals surface area contributed by atoms with Crippen molar-refractivity contribution in [3.05, 3.63) is 59.1 Å². The summed E-state index contributed by atoms with van der Waals surface area (Å²) in [6, 6.07) is 8.06. The Morgan fingerprint density at radius 1 is 1.27 bits per heavy atom. The van der Waals surface area contributed by atoms with Gasteiger partial charge in [-0.3, -0.25) is 9.78 Å². The van der Waals surface area contributed by atoms with Gasteiger partial charge in [0.25, 0.3) is 0 Å². The Kier molecular flexibility index (Phi) is 5.45. The van der Waals surface area contributed by atoms with E-state index in [1.165, 1.54) is 0 Å². The molecule has 3 unspecified atom stereocenters. The van der Waals surface area contributed by atoms with Crippen molar-refractivity contribution < 1.29 is 9.53 Å². The van der Waals surface area contributed by atoms with Gasteiger partial charge >= 0.3 is 0 Å². The van der Waals surface area contributed by atoms with Gasteiger partial charge in [0, 0.05) is 46.6 Å². The van der Waals surface area contributed by atoms with Crippen LogP contribution in [0.1, 0.15) is 39.2 Å². The molecule has 8 heteroatoms. The average Bonchev–Trinajstić information content (AvgIpc) is 3.16. The van der Waals surface area contributed by atoms with E-state index in [1.54, 1.807) is 24.2 Å². The molecule has 1 aliphatic carbocycles. The summed E-state index contributed by atoms with van der Waals surface area (Å²) >= 11 is 7.76. The lowest BCUT2D eigenvalue weighted by molar-refractivity contribution is -0.129. The Hall–Kier alpha value is -2.51. The minimum Gasteiger partial charge on any atom is -0.461 e. The third-order valence-corrected chi connectivity index (χ3v) is 7.70. The molecule has 3 aliphatic rings. The lowest BCUT2D eigenvalue weighted by Gasteiger charge is -2.44. The van der Waals surface area contributed by atoms with Crippen LogP contribution in [-0.2, 0) is 10.3 Å². The summed E-state index contributed by atoms with van der Waals surface area (Å²) in [5.74, 6) is 2.49.